The number of hydrogen-bond acceptors (Lipinski definition) is 4. The van der Waals surface area contributed by atoms with Crippen LogP contribution in [0.1, 0.15) is 31.7 Å². The van der Waals surface area contributed by atoms with Gasteiger partial charge in [-0.2, -0.15) is 0 Å². The van der Waals surface area contributed by atoms with Gasteiger partial charge in [0.25, 0.3) is 0 Å². The van der Waals surface area contributed by atoms with Crippen molar-refractivity contribution < 1.29 is 0 Å². The van der Waals surface area contributed by atoms with Gasteiger partial charge in [-0.15, -0.1) is 34.2 Å². The van der Waals surface area contributed by atoms with E-state index in [4.69, 9.17) is 4.99 Å². The third-order valence-corrected chi connectivity index (χ3v) is 5.61. The fraction of sp³-hybridized carbons (Fsp3) is 0.435. The fourth-order valence-electron chi connectivity index (χ4n) is 4.08. The van der Waals surface area contributed by atoms with Crippen molar-refractivity contribution in [1.29, 1.82) is 0 Å². The second-order valence-corrected chi connectivity index (χ2v) is 7.90. The van der Waals surface area contributed by atoms with Gasteiger partial charge in [0.05, 0.1) is 0 Å². The normalized spacial score (nSPS) is 19.4. The number of nitrogens with one attached hydrogen (secondary N) is 2. The number of aromatic nitrogens is 3. The molecule has 3 aromatic rings. The smallest absolute Gasteiger partial charge is 0.191 e. The Morgan fingerprint density at radius 1 is 1.13 bits per heavy atom. The average molecular weight is 533 g/mol. The van der Waals surface area contributed by atoms with Crippen molar-refractivity contribution in [3.63, 3.8) is 0 Å². The summed E-state index contributed by atoms with van der Waals surface area (Å²) in [4.78, 5) is 7.33. The van der Waals surface area contributed by atoms with E-state index < -0.39 is 0 Å². The van der Waals surface area contributed by atoms with Gasteiger partial charge in [-0.05, 0) is 38.0 Å². The van der Waals surface area contributed by atoms with E-state index in [-0.39, 0.29) is 24.0 Å². The van der Waals surface area contributed by atoms with Gasteiger partial charge >= 0.3 is 0 Å². The van der Waals surface area contributed by atoms with E-state index in [1.165, 1.54) is 5.56 Å². The lowest BCUT2D eigenvalue weighted by Crippen LogP contribution is -2.44. The Balaban J connectivity index is 0.00000272. The maximum Gasteiger partial charge on any atom is 0.191 e. The van der Waals surface area contributed by atoms with Crippen molar-refractivity contribution in [3.8, 4) is 0 Å². The van der Waals surface area contributed by atoms with E-state index in [0.29, 0.717) is 18.6 Å². The molecule has 1 aromatic carbocycles. The maximum absolute atomic E-state index is 4.79. The number of pyridine rings is 1. The number of likely N-dealkylation sites (tertiary alicyclic amines) is 1. The van der Waals surface area contributed by atoms with Crippen molar-refractivity contribution >= 4 is 35.6 Å². The lowest BCUT2D eigenvalue weighted by Gasteiger charge is -2.21. The molecule has 0 amide bonds. The van der Waals surface area contributed by atoms with Crippen LogP contribution >= 0.6 is 24.0 Å². The fourth-order valence-corrected chi connectivity index (χ4v) is 4.08. The minimum absolute atomic E-state index is 0. The first-order chi connectivity index (χ1) is 14.7. The predicted octanol–water partition coefficient (Wildman–Crippen LogP) is 3.11. The van der Waals surface area contributed by atoms with Gasteiger partial charge in [-0.25, -0.2) is 0 Å². The molecular weight excluding hydrogens is 501 g/mol. The predicted molar refractivity (Wildman–Crippen MR) is 136 cm³/mol. The summed E-state index contributed by atoms with van der Waals surface area (Å²) in [6, 6.07) is 17.6. The molecule has 4 rings (SSSR count). The van der Waals surface area contributed by atoms with Crippen LogP contribution in [0.25, 0.3) is 5.65 Å². The van der Waals surface area contributed by atoms with Gasteiger partial charge in [-0.3, -0.25) is 14.3 Å². The van der Waals surface area contributed by atoms with Gasteiger partial charge in [0.2, 0.25) is 0 Å². The molecule has 7 nitrogen and oxygen atoms in total. The van der Waals surface area contributed by atoms with E-state index in [1.807, 2.05) is 28.8 Å². The van der Waals surface area contributed by atoms with Crippen LogP contribution in [0, 0.1) is 0 Å². The van der Waals surface area contributed by atoms with Gasteiger partial charge in [-0.1, -0.05) is 36.4 Å². The van der Waals surface area contributed by atoms with Crippen molar-refractivity contribution in [1.82, 2.24) is 30.1 Å². The summed E-state index contributed by atoms with van der Waals surface area (Å²) in [6.45, 7) is 7.94. The molecule has 0 aliphatic carbocycles. The number of aliphatic imine (C=N–C) groups is 1. The highest BCUT2D eigenvalue weighted by Crippen LogP contribution is 2.20. The van der Waals surface area contributed by atoms with Crippen LogP contribution in [0.4, 0.5) is 0 Å². The Morgan fingerprint density at radius 2 is 1.94 bits per heavy atom. The van der Waals surface area contributed by atoms with E-state index >= 15 is 0 Å². The standard InChI is InChI=1S/C23H31N7.HI/c1-3-24-23(25-13-12-22-28-27-21-11-7-8-14-30(21)22)26-20-15-18(2)29(17-20)16-19-9-5-4-6-10-19;/h4-11,14,18,20H,3,12-13,15-17H2,1-2H3,(H2,24,25,26);1H. The minimum Gasteiger partial charge on any atom is -0.357 e. The summed E-state index contributed by atoms with van der Waals surface area (Å²) >= 11 is 0. The number of nitrogens with zero attached hydrogens (tertiary/aromatic N) is 5. The van der Waals surface area contributed by atoms with E-state index in [2.05, 4.69) is 69.9 Å². The molecule has 0 saturated carbocycles. The van der Waals surface area contributed by atoms with Gasteiger partial charge < -0.3 is 10.6 Å². The molecule has 1 aliphatic rings. The summed E-state index contributed by atoms with van der Waals surface area (Å²) in [7, 11) is 0. The number of rotatable bonds is 7. The van der Waals surface area contributed by atoms with Crippen LogP contribution in [0.15, 0.2) is 59.7 Å². The van der Waals surface area contributed by atoms with Crippen molar-refractivity contribution in [3.05, 3.63) is 66.1 Å². The Kier molecular flexibility index (Phi) is 8.65. The second-order valence-electron chi connectivity index (χ2n) is 7.90. The number of fused-ring (bicyclic) bond motifs is 1. The van der Waals surface area contributed by atoms with Crippen molar-refractivity contribution in [2.24, 2.45) is 4.99 Å². The first-order valence-corrected chi connectivity index (χ1v) is 10.8. The van der Waals surface area contributed by atoms with E-state index in [9.17, 15) is 0 Å². The molecule has 8 heteroatoms. The third-order valence-electron chi connectivity index (χ3n) is 5.61. The zero-order valence-corrected chi connectivity index (χ0v) is 20.6. The first kappa shape index (κ1) is 23.5. The Labute approximate surface area is 201 Å². The molecule has 2 atom stereocenters. The Hall–Kier alpha value is -2.20. The number of hydrogen-bond donors (Lipinski definition) is 2. The van der Waals surface area contributed by atoms with E-state index in [0.717, 1.165) is 49.9 Å². The highest BCUT2D eigenvalue weighted by Gasteiger charge is 2.29. The quantitative estimate of drug-likeness (QED) is 0.278. The molecule has 1 fully saturated rings. The van der Waals surface area contributed by atoms with E-state index in [1.54, 1.807) is 0 Å². The molecule has 2 unspecified atom stereocenters. The molecule has 0 bridgehead atoms. The van der Waals surface area contributed by atoms with Crippen LogP contribution in [-0.4, -0.2) is 57.2 Å². The Bertz CT molecular complexity index is 972. The molecule has 166 valence electrons. The summed E-state index contributed by atoms with van der Waals surface area (Å²) in [6.07, 6.45) is 3.87. The molecule has 0 spiro atoms. The molecule has 31 heavy (non-hydrogen) atoms. The highest BCUT2D eigenvalue weighted by atomic mass is 127. The molecular formula is C23H32IN7. The lowest BCUT2D eigenvalue weighted by atomic mass is 10.2. The monoisotopic (exact) mass is 533 g/mol. The molecule has 1 aliphatic heterocycles. The summed E-state index contributed by atoms with van der Waals surface area (Å²) in [5.41, 5.74) is 2.24. The summed E-state index contributed by atoms with van der Waals surface area (Å²) in [5, 5.41) is 15.5. The molecule has 3 heterocycles. The molecule has 0 radical (unpaired) electrons. The number of halogens is 1. The van der Waals surface area contributed by atoms with Gasteiger partial charge in [0.1, 0.15) is 5.82 Å². The molecule has 2 N–H and O–H groups in total. The maximum atomic E-state index is 4.79. The Morgan fingerprint density at radius 3 is 2.74 bits per heavy atom. The van der Waals surface area contributed by atoms with Crippen LogP contribution in [-0.2, 0) is 13.0 Å². The SMILES string of the molecule is CCNC(=NCCc1nnc2ccccn12)NC1CC(C)N(Cc2ccccc2)C1.I. The number of benzene rings is 1. The topological polar surface area (TPSA) is 69.8 Å². The largest absolute Gasteiger partial charge is 0.357 e. The van der Waals surface area contributed by atoms with Crippen LogP contribution < -0.4 is 10.6 Å². The second kappa shape index (κ2) is 11.4. The summed E-state index contributed by atoms with van der Waals surface area (Å²) < 4.78 is 2.02. The summed E-state index contributed by atoms with van der Waals surface area (Å²) in [5.74, 6) is 1.82. The van der Waals surface area contributed by atoms with Crippen molar-refractivity contribution in [2.45, 2.75) is 45.3 Å². The molecule has 1 saturated heterocycles. The number of guanidine groups is 1. The minimum atomic E-state index is 0. The van der Waals surface area contributed by atoms with Crippen LogP contribution in [0.2, 0.25) is 0 Å². The molecule has 2 aromatic heterocycles. The zero-order valence-electron chi connectivity index (χ0n) is 18.2. The van der Waals surface area contributed by atoms with Crippen LogP contribution in [0.3, 0.4) is 0 Å². The van der Waals surface area contributed by atoms with Crippen molar-refractivity contribution in [2.75, 3.05) is 19.6 Å². The zero-order chi connectivity index (χ0) is 20.8. The van der Waals surface area contributed by atoms with Gasteiger partial charge in [0.15, 0.2) is 11.6 Å². The van der Waals surface area contributed by atoms with Crippen LogP contribution in [0.5, 0.6) is 0 Å². The third kappa shape index (κ3) is 6.16. The first-order valence-electron chi connectivity index (χ1n) is 10.8. The highest BCUT2D eigenvalue weighted by molar-refractivity contribution is 14.0. The van der Waals surface area contributed by atoms with Gasteiger partial charge in [0, 0.05) is 50.9 Å². The lowest BCUT2D eigenvalue weighted by molar-refractivity contribution is 0.258. The average Bonchev–Trinajstić information content (AvgIpc) is 3.32.